The van der Waals surface area contributed by atoms with E-state index in [1.807, 2.05) is 12.1 Å². The largest absolute Gasteiger partial charge is 0.495 e. The SMILES string of the molecule is CCOC(=O)N1CCN(c2ccnc(Nc3ccc(OC)c(Cl)c3)n2)CC1. The van der Waals surface area contributed by atoms with Crippen molar-refractivity contribution in [3.8, 4) is 5.75 Å². The van der Waals surface area contributed by atoms with Crippen LogP contribution in [0, 0.1) is 0 Å². The number of ether oxygens (including phenoxy) is 2. The molecule has 0 aliphatic carbocycles. The maximum Gasteiger partial charge on any atom is 0.409 e. The summed E-state index contributed by atoms with van der Waals surface area (Å²) < 4.78 is 10.2. The zero-order valence-corrected chi connectivity index (χ0v) is 16.1. The summed E-state index contributed by atoms with van der Waals surface area (Å²) in [5.74, 6) is 1.88. The third kappa shape index (κ3) is 4.71. The van der Waals surface area contributed by atoms with Crippen molar-refractivity contribution in [3.63, 3.8) is 0 Å². The van der Waals surface area contributed by atoms with Crippen LogP contribution < -0.4 is 15.0 Å². The topological polar surface area (TPSA) is 79.8 Å². The number of halogens is 1. The number of carbonyl (C=O) groups excluding carboxylic acids is 1. The van der Waals surface area contributed by atoms with Crippen molar-refractivity contribution in [3.05, 3.63) is 35.5 Å². The van der Waals surface area contributed by atoms with Gasteiger partial charge in [0.2, 0.25) is 5.95 Å². The molecule has 1 aromatic carbocycles. The first-order valence-corrected chi connectivity index (χ1v) is 9.08. The number of rotatable bonds is 5. The summed E-state index contributed by atoms with van der Waals surface area (Å²) in [7, 11) is 1.57. The molecule has 0 atom stereocenters. The fraction of sp³-hybridized carbons (Fsp3) is 0.389. The van der Waals surface area contributed by atoms with E-state index in [1.165, 1.54) is 0 Å². The molecular formula is C18H22ClN5O3. The molecule has 1 aromatic heterocycles. The number of piperazine rings is 1. The van der Waals surface area contributed by atoms with Crippen molar-refractivity contribution in [2.24, 2.45) is 0 Å². The molecule has 2 heterocycles. The number of hydrogen-bond donors (Lipinski definition) is 1. The molecule has 0 saturated carbocycles. The second kappa shape index (κ2) is 8.77. The number of aromatic nitrogens is 2. The van der Waals surface area contributed by atoms with E-state index in [2.05, 4.69) is 20.2 Å². The normalized spacial score (nSPS) is 14.0. The first-order chi connectivity index (χ1) is 13.1. The molecule has 2 aromatic rings. The lowest BCUT2D eigenvalue weighted by molar-refractivity contribution is 0.105. The number of hydrogen-bond acceptors (Lipinski definition) is 7. The highest BCUT2D eigenvalue weighted by Gasteiger charge is 2.22. The molecule has 1 aliphatic rings. The Hall–Kier alpha value is -2.74. The maximum atomic E-state index is 11.8. The monoisotopic (exact) mass is 391 g/mol. The van der Waals surface area contributed by atoms with Crippen LogP contribution in [0.5, 0.6) is 5.75 Å². The number of nitrogens with one attached hydrogen (secondary N) is 1. The zero-order chi connectivity index (χ0) is 19.2. The molecule has 8 nitrogen and oxygen atoms in total. The van der Waals surface area contributed by atoms with Gasteiger partial charge in [-0.2, -0.15) is 4.98 Å². The Morgan fingerprint density at radius 3 is 2.70 bits per heavy atom. The van der Waals surface area contributed by atoms with Crippen LogP contribution in [0.3, 0.4) is 0 Å². The Morgan fingerprint density at radius 1 is 1.26 bits per heavy atom. The third-order valence-corrected chi connectivity index (χ3v) is 4.47. The summed E-state index contributed by atoms with van der Waals surface area (Å²) in [4.78, 5) is 24.5. The summed E-state index contributed by atoms with van der Waals surface area (Å²) in [5.41, 5.74) is 0.769. The fourth-order valence-corrected chi connectivity index (χ4v) is 3.05. The molecule has 1 saturated heterocycles. The van der Waals surface area contributed by atoms with Gasteiger partial charge in [0.25, 0.3) is 0 Å². The summed E-state index contributed by atoms with van der Waals surface area (Å²) in [5, 5.41) is 3.65. The molecule has 3 rings (SSSR count). The second-order valence-electron chi connectivity index (χ2n) is 5.89. The van der Waals surface area contributed by atoms with Gasteiger partial charge in [0.15, 0.2) is 0 Å². The van der Waals surface area contributed by atoms with Gasteiger partial charge in [-0.15, -0.1) is 0 Å². The first kappa shape index (κ1) is 19.0. The van der Waals surface area contributed by atoms with Crippen LogP contribution in [0.4, 0.5) is 22.2 Å². The predicted octanol–water partition coefficient (Wildman–Crippen LogP) is 3.16. The van der Waals surface area contributed by atoms with Crippen molar-refractivity contribution in [1.82, 2.24) is 14.9 Å². The number of carbonyl (C=O) groups is 1. The lowest BCUT2D eigenvalue weighted by Crippen LogP contribution is -2.49. The van der Waals surface area contributed by atoms with Crippen LogP contribution in [0.25, 0.3) is 0 Å². The van der Waals surface area contributed by atoms with Gasteiger partial charge in [0, 0.05) is 38.1 Å². The van der Waals surface area contributed by atoms with Crippen molar-refractivity contribution >= 4 is 35.1 Å². The molecule has 1 amide bonds. The van der Waals surface area contributed by atoms with Gasteiger partial charge in [0.1, 0.15) is 11.6 Å². The second-order valence-corrected chi connectivity index (χ2v) is 6.29. The standard InChI is InChI=1S/C18H22ClN5O3/c1-3-27-18(25)24-10-8-23(9-11-24)16-6-7-20-17(22-16)21-13-4-5-15(26-2)14(19)12-13/h4-7,12H,3,8-11H2,1-2H3,(H,20,21,22). The average Bonchev–Trinajstić information content (AvgIpc) is 2.69. The van der Waals surface area contributed by atoms with Gasteiger partial charge in [-0.25, -0.2) is 9.78 Å². The average molecular weight is 392 g/mol. The van der Waals surface area contributed by atoms with E-state index in [0.29, 0.717) is 49.5 Å². The lowest BCUT2D eigenvalue weighted by atomic mass is 10.3. The molecular weight excluding hydrogens is 370 g/mol. The molecule has 9 heteroatoms. The highest BCUT2D eigenvalue weighted by molar-refractivity contribution is 6.32. The third-order valence-electron chi connectivity index (χ3n) is 4.18. The number of nitrogens with zero attached hydrogens (tertiary/aromatic N) is 4. The summed E-state index contributed by atoms with van der Waals surface area (Å²) in [6, 6.07) is 7.24. The predicted molar refractivity (Wildman–Crippen MR) is 104 cm³/mol. The molecule has 0 radical (unpaired) electrons. The smallest absolute Gasteiger partial charge is 0.409 e. The van der Waals surface area contributed by atoms with E-state index in [-0.39, 0.29) is 6.09 Å². The van der Waals surface area contributed by atoms with Gasteiger partial charge in [-0.05, 0) is 31.2 Å². The molecule has 0 unspecified atom stereocenters. The summed E-state index contributed by atoms with van der Waals surface area (Å²) >= 11 is 6.15. The van der Waals surface area contributed by atoms with Gasteiger partial charge in [0.05, 0.1) is 18.7 Å². The number of anilines is 3. The van der Waals surface area contributed by atoms with E-state index in [9.17, 15) is 4.79 Å². The van der Waals surface area contributed by atoms with E-state index in [1.54, 1.807) is 37.3 Å². The van der Waals surface area contributed by atoms with Crippen LogP contribution in [0.2, 0.25) is 5.02 Å². The van der Waals surface area contributed by atoms with Gasteiger partial charge in [-0.3, -0.25) is 0 Å². The van der Waals surface area contributed by atoms with Crippen LogP contribution >= 0.6 is 11.6 Å². The van der Waals surface area contributed by atoms with Crippen molar-refractivity contribution in [2.75, 3.05) is 50.1 Å². The molecule has 1 N–H and O–H groups in total. The molecule has 27 heavy (non-hydrogen) atoms. The van der Waals surface area contributed by atoms with E-state index >= 15 is 0 Å². The van der Waals surface area contributed by atoms with Crippen LogP contribution in [0.1, 0.15) is 6.92 Å². The number of methoxy groups -OCH3 is 1. The Labute approximate surface area is 163 Å². The minimum absolute atomic E-state index is 0.265. The highest BCUT2D eigenvalue weighted by Crippen LogP contribution is 2.28. The summed E-state index contributed by atoms with van der Waals surface area (Å²) in [6.07, 6.45) is 1.44. The van der Waals surface area contributed by atoms with E-state index in [0.717, 1.165) is 11.5 Å². The van der Waals surface area contributed by atoms with Gasteiger partial charge < -0.3 is 24.6 Å². The van der Waals surface area contributed by atoms with Crippen molar-refractivity contribution in [1.29, 1.82) is 0 Å². The molecule has 0 bridgehead atoms. The van der Waals surface area contributed by atoms with Crippen molar-refractivity contribution < 1.29 is 14.3 Å². The Kier molecular flexibility index (Phi) is 6.18. The quantitative estimate of drug-likeness (QED) is 0.838. The van der Waals surface area contributed by atoms with Gasteiger partial charge in [-0.1, -0.05) is 11.6 Å². The number of benzene rings is 1. The molecule has 0 spiro atoms. The molecule has 1 aliphatic heterocycles. The Balaban J connectivity index is 1.64. The van der Waals surface area contributed by atoms with E-state index < -0.39 is 0 Å². The van der Waals surface area contributed by atoms with Crippen LogP contribution in [-0.4, -0.2) is 60.9 Å². The minimum Gasteiger partial charge on any atom is -0.495 e. The Morgan fingerprint density at radius 2 is 2.04 bits per heavy atom. The Bertz CT molecular complexity index is 796. The fourth-order valence-electron chi connectivity index (χ4n) is 2.79. The maximum absolute atomic E-state index is 11.8. The highest BCUT2D eigenvalue weighted by atomic mass is 35.5. The first-order valence-electron chi connectivity index (χ1n) is 8.71. The molecule has 144 valence electrons. The van der Waals surface area contributed by atoms with Crippen molar-refractivity contribution in [2.45, 2.75) is 6.92 Å². The zero-order valence-electron chi connectivity index (χ0n) is 15.3. The van der Waals surface area contributed by atoms with Crippen LogP contribution in [-0.2, 0) is 4.74 Å². The van der Waals surface area contributed by atoms with E-state index in [4.69, 9.17) is 21.1 Å². The molecule has 1 fully saturated rings. The van der Waals surface area contributed by atoms with Crippen LogP contribution in [0.15, 0.2) is 30.5 Å². The number of amides is 1. The lowest BCUT2D eigenvalue weighted by Gasteiger charge is -2.34. The minimum atomic E-state index is -0.265. The van der Waals surface area contributed by atoms with Gasteiger partial charge >= 0.3 is 6.09 Å². The summed E-state index contributed by atoms with van der Waals surface area (Å²) in [6.45, 7) is 4.75.